The largest absolute Gasteiger partial charge is 0.337 e. The first kappa shape index (κ1) is 14.2. The number of nitrogens with zero attached hydrogens (tertiary/aromatic N) is 3. The van der Waals surface area contributed by atoms with E-state index in [4.69, 9.17) is 33.5 Å². The summed E-state index contributed by atoms with van der Waals surface area (Å²) in [4.78, 5) is 8.34. The highest BCUT2D eigenvalue weighted by Crippen LogP contribution is 2.31. The molecule has 0 aliphatic rings. The highest BCUT2D eigenvalue weighted by Gasteiger charge is 2.28. The highest BCUT2D eigenvalue weighted by atomic mass is 35.5. The molecule has 0 radical (unpaired) electrons. The Balaban J connectivity index is 2.36. The molecule has 0 bridgehead atoms. The molecule has 2 heterocycles. The lowest BCUT2D eigenvalue weighted by Crippen LogP contribution is -2.26. The highest BCUT2D eigenvalue weighted by molar-refractivity contribution is 6.35. The number of aromatic nitrogens is 3. The number of hydrogen-bond donors (Lipinski definition) is 1. The van der Waals surface area contributed by atoms with Gasteiger partial charge in [0, 0.05) is 6.20 Å². The van der Waals surface area contributed by atoms with Crippen LogP contribution in [0.3, 0.4) is 0 Å². The molecule has 1 atom stereocenters. The lowest BCUT2D eigenvalue weighted by Gasteiger charge is -2.23. The fourth-order valence-electron chi connectivity index (χ4n) is 1.41. The van der Waals surface area contributed by atoms with E-state index in [0.29, 0.717) is 27.5 Å². The first-order chi connectivity index (χ1) is 8.79. The lowest BCUT2D eigenvalue weighted by atomic mass is 9.87. The summed E-state index contributed by atoms with van der Waals surface area (Å²) in [5, 5.41) is 4.67. The summed E-state index contributed by atoms with van der Waals surface area (Å²) in [5.74, 6) is 0.659. The Morgan fingerprint density at radius 2 is 2.00 bits per heavy atom. The van der Waals surface area contributed by atoms with Crippen LogP contribution in [0, 0.1) is 5.41 Å². The molecule has 0 aliphatic carbocycles. The van der Waals surface area contributed by atoms with E-state index in [1.54, 1.807) is 6.07 Å². The Kier molecular flexibility index (Phi) is 3.80. The molecule has 2 aromatic heterocycles. The van der Waals surface area contributed by atoms with Crippen molar-refractivity contribution in [3.8, 4) is 11.5 Å². The molecule has 102 valence electrons. The van der Waals surface area contributed by atoms with Crippen LogP contribution in [0.25, 0.3) is 11.5 Å². The molecule has 0 aliphatic heterocycles. The van der Waals surface area contributed by atoms with Gasteiger partial charge in [-0.05, 0) is 11.5 Å². The zero-order chi connectivity index (χ0) is 14.2. The van der Waals surface area contributed by atoms with E-state index < -0.39 is 0 Å². The second-order valence-electron chi connectivity index (χ2n) is 5.28. The fraction of sp³-hybridized carbons (Fsp3) is 0.417. The summed E-state index contributed by atoms with van der Waals surface area (Å²) >= 11 is 11.8. The zero-order valence-electron chi connectivity index (χ0n) is 10.8. The minimum absolute atomic E-state index is 0.180. The van der Waals surface area contributed by atoms with Gasteiger partial charge in [0.15, 0.2) is 0 Å². The summed E-state index contributed by atoms with van der Waals surface area (Å²) in [7, 11) is 0. The molecular formula is C12H14Cl2N4O. The summed E-state index contributed by atoms with van der Waals surface area (Å²) in [6.45, 7) is 5.99. The van der Waals surface area contributed by atoms with Crippen molar-refractivity contribution < 1.29 is 4.52 Å². The third-order valence-corrected chi connectivity index (χ3v) is 3.16. The molecule has 0 saturated heterocycles. The van der Waals surface area contributed by atoms with Crippen molar-refractivity contribution in [1.29, 1.82) is 0 Å². The summed E-state index contributed by atoms with van der Waals surface area (Å²) in [5.41, 5.74) is 6.29. The van der Waals surface area contributed by atoms with Gasteiger partial charge in [-0.15, -0.1) is 0 Å². The van der Waals surface area contributed by atoms with Crippen LogP contribution >= 0.6 is 23.2 Å². The molecule has 0 amide bonds. The fourth-order valence-corrected chi connectivity index (χ4v) is 1.87. The Morgan fingerprint density at radius 1 is 1.32 bits per heavy atom. The van der Waals surface area contributed by atoms with Gasteiger partial charge in [0.2, 0.25) is 11.7 Å². The molecule has 2 rings (SSSR count). The van der Waals surface area contributed by atoms with E-state index in [-0.39, 0.29) is 11.5 Å². The van der Waals surface area contributed by atoms with Crippen molar-refractivity contribution >= 4 is 23.2 Å². The lowest BCUT2D eigenvalue weighted by molar-refractivity contribution is 0.253. The maximum absolute atomic E-state index is 6.05. The van der Waals surface area contributed by atoms with Crippen LogP contribution in [0.15, 0.2) is 16.8 Å². The average molecular weight is 301 g/mol. The van der Waals surface area contributed by atoms with Crippen LogP contribution < -0.4 is 5.73 Å². The van der Waals surface area contributed by atoms with Crippen molar-refractivity contribution in [2.24, 2.45) is 11.1 Å². The minimum Gasteiger partial charge on any atom is -0.337 e. The van der Waals surface area contributed by atoms with Gasteiger partial charge in [0.25, 0.3) is 0 Å². The van der Waals surface area contributed by atoms with Gasteiger partial charge >= 0.3 is 0 Å². The van der Waals surface area contributed by atoms with E-state index in [9.17, 15) is 0 Å². The van der Waals surface area contributed by atoms with Crippen LogP contribution in [-0.4, -0.2) is 15.1 Å². The molecule has 7 heteroatoms. The minimum atomic E-state index is -0.361. The topological polar surface area (TPSA) is 77.8 Å². The van der Waals surface area contributed by atoms with Crippen molar-refractivity contribution in [2.45, 2.75) is 26.8 Å². The number of pyridine rings is 1. The first-order valence-corrected chi connectivity index (χ1v) is 6.45. The van der Waals surface area contributed by atoms with E-state index in [1.165, 1.54) is 6.20 Å². The first-order valence-electron chi connectivity index (χ1n) is 5.69. The summed E-state index contributed by atoms with van der Waals surface area (Å²) < 4.78 is 5.17. The van der Waals surface area contributed by atoms with Crippen molar-refractivity contribution in [2.75, 3.05) is 0 Å². The number of nitrogens with two attached hydrogens (primary N) is 1. The predicted molar refractivity (Wildman–Crippen MR) is 73.9 cm³/mol. The van der Waals surface area contributed by atoms with Gasteiger partial charge in [-0.25, -0.2) is 4.98 Å². The molecule has 0 unspecified atom stereocenters. The molecule has 2 aromatic rings. The van der Waals surface area contributed by atoms with Crippen molar-refractivity contribution in [3.63, 3.8) is 0 Å². The van der Waals surface area contributed by atoms with E-state index >= 15 is 0 Å². The second-order valence-corrected chi connectivity index (χ2v) is 6.13. The van der Waals surface area contributed by atoms with Crippen molar-refractivity contribution in [3.05, 3.63) is 28.2 Å². The van der Waals surface area contributed by atoms with Crippen LogP contribution in [-0.2, 0) is 0 Å². The number of halogens is 2. The summed E-state index contributed by atoms with van der Waals surface area (Å²) in [6, 6.07) is 1.21. The number of rotatable bonds is 2. The number of hydrogen-bond acceptors (Lipinski definition) is 5. The maximum atomic E-state index is 6.05. The monoisotopic (exact) mass is 300 g/mol. The molecule has 0 spiro atoms. The second kappa shape index (κ2) is 5.07. The molecule has 0 fully saturated rings. The molecule has 0 aromatic carbocycles. The average Bonchev–Trinajstić information content (AvgIpc) is 2.75. The Labute approximate surface area is 121 Å². The molecule has 19 heavy (non-hydrogen) atoms. The van der Waals surface area contributed by atoms with Crippen molar-refractivity contribution in [1.82, 2.24) is 15.1 Å². The van der Waals surface area contributed by atoms with Gasteiger partial charge in [0.1, 0.15) is 5.69 Å². The predicted octanol–water partition coefficient (Wildman–Crippen LogP) is 3.48. The molecule has 0 saturated carbocycles. The van der Waals surface area contributed by atoms with E-state index in [0.717, 1.165) is 0 Å². The molecule has 5 nitrogen and oxygen atoms in total. The van der Waals surface area contributed by atoms with Crippen LogP contribution in [0.2, 0.25) is 10.0 Å². The van der Waals surface area contributed by atoms with Gasteiger partial charge < -0.3 is 10.3 Å². The normalized spacial score (nSPS) is 13.6. The van der Waals surface area contributed by atoms with Gasteiger partial charge in [-0.1, -0.05) is 49.1 Å². The van der Waals surface area contributed by atoms with Gasteiger partial charge in [-0.3, -0.25) is 0 Å². The van der Waals surface area contributed by atoms with Crippen LogP contribution in [0.1, 0.15) is 32.7 Å². The van der Waals surface area contributed by atoms with Crippen LogP contribution in [0.4, 0.5) is 0 Å². The SMILES string of the molecule is CC(C)(C)[C@@H](N)c1nc(-c2ncc(Cl)cc2Cl)no1. The van der Waals surface area contributed by atoms with Gasteiger partial charge in [0.05, 0.1) is 16.1 Å². The summed E-state index contributed by atoms with van der Waals surface area (Å²) in [6.07, 6.45) is 1.47. The Hall–Kier alpha value is -1.17. The third kappa shape index (κ3) is 3.05. The quantitative estimate of drug-likeness (QED) is 0.918. The standard InChI is InChI=1S/C12H14Cl2N4O/c1-12(2,3)9(15)11-17-10(18-19-11)8-7(14)4-6(13)5-16-8/h4-5,9H,15H2,1-3H3/t9-/m0/s1. The van der Waals surface area contributed by atoms with E-state index in [2.05, 4.69) is 15.1 Å². The Morgan fingerprint density at radius 3 is 2.58 bits per heavy atom. The molecular weight excluding hydrogens is 287 g/mol. The zero-order valence-corrected chi connectivity index (χ0v) is 12.3. The van der Waals surface area contributed by atoms with E-state index in [1.807, 2.05) is 20.8 Å². The smallest absolute Gasteiger partial charge is 0.244 e. The van der Waals surface area contributed by atoms with Gasteiger partial charge in [-0.2, -0.15) is 4.98 Å². The third-order valence-electron chi connectivity index (χ3n) is 2.66. The Bertz CT molecular complexity index is 592. The maximum Gasteiger partial charge on any atom is 0.244 e. The van der Waals surface area contributed by atoms with Crippen LogP contribution in [0.5, 0.6) is 0 Å². The molecule has 2 N–H and O–H groups in total.